The van der Waals surface area contributed by atoms with Gasteiger partial charge >= 0.3 is 19.1 Å². The van der Waals surface area contributed by atoms with Gasteiger partial charge in [0.1, 0.15) is 17.8 Å². The Labute approximate surface area is 233 Å². The number of rotatable bonds is 11. The topological polar surface area (TPSA) is 165 Å². The van der Waals surface area contributed by atoms with Crippen molar-refractivity contribution in [3.8, 4) is 11.3 Å². The van der Waals surface area contributed by atoms with Crippen molar-refractivity contribution in [2.75, 3.05) is 14.2 Å². The van der Waals surface area contributed by atoms with E-state index in [2.05, 4.69) is 20.9 Å². The lowest BCUT2D eigenvalue weighted by atomic mass is 9.72. The summed E-state index contributed by atoms with van der Waals surface area (Å²) in [7, 11) is 1.32. The molecule has 1 aliphatic rings. The molecule has 1 fully saturated rings. The molecule has 1 aliphatic heterocycles. The van der Waals surface area contributed by atoms with E-state index >= 15 is 0 Å². The molecule has 5 atom stereocenters. The molecule has 1 aromatic heterocycles. The zero-order valence-electron chi connectivity index (χ0n) is 23.1. The van der Waals surface area contributed by atoms with Crippen LogP contribution in [0.15, 0.2) is 48.5 Å². The molecule has 40 heavy (non-hydrogen) atoms. The summed E-state index contributed by atoms with van der Waals surface area (Å²) in [6.45, 7) is 5.13. The molecule has 1 saturated heterocycles. The minimum atomic E-state index is -1.37. The summed E-state index contributed by atoms with van der Waals surface area (Å²) < 4.78 is 16.0. The first kappa shape index (κ1) is 30.7. The molecule has 12 nitrogen and oxygen atoms in total. The van der Waals surface area contributed by atoms with E-state index in [0.29, 0.717) is 12.1 Å². The highest BCUT2D eigenvalue weighted by Gasteiger charge is 2.50. The average molecular weight is 554 g/mol. The van der Waals surface area contributed by atoms with E-state index in [1.807, 2.05) is 44.2 Å². The smallest absolute Gasteiger partial charge is 0.507 e. The van der Waals surface area contributed by atoms with E-state index in [1.165, 1.54) is 27.1 Å². The lowest BCUT2D eigenvalue weighted by Crippen LogP contribution is -2.65. The van der Waals surface area contributed by atoms with Gasteiger partial charge in [-0.2, -0.15) is 0 Å². The van der Waals surface area contributed by atoms with E-state index in [1.54, 1.807) is 12.1 Å². The average Bonchev–Trinajstić information content (AvgIpc) is 2.94. The number of carbonyl (C=O) groups is 4. The van der Waals surface area contributed by atoms with E-state index in [-0.39, 0.29) is 11.6 Å². The number of methoxy groups -OCH3 is 1. The van der Waals surface area contributed by atoms with E-state index in [0.717, 1.165) is 5.56 Å². The van der Waals surface area contributed by atoms with Crippen LogP contribution in [0.4, 0.5) is 0 Å². The number of hydrogen-bond donors (Lipinski definition) is 4. The number of carbonyl (C=O) groups excluding carboxylic acids is 4. The van der Waals surface area contributed by atoms with Crippen LogP contribution in [0.25, 0.3) is 11.3 Å². The molecule has 2 amide bonds. The maximum absolute atomic E-state index is 13.3. The van der Waals surface area contributed by atoms with Crippen LogP contribution in [0, 0.1) is 5.92 Å². The maximum atomic E-state index is 13.3. The Morgan fingerprint density at radius 3 is 2.38 bits per heavy atom. The van der Waals surface area contributed by atoms with Gasteiger partial charge in [-0.05, 0) is 38.4 Å². The molecule has 3 rings (SSSR count). The van der Waals surface area contributed by atoms with Crippen molar-refractivity contribution < 1.29 is 38.3 Å². The Morgan fingerprint density at radius 1 is 1.07 bits per heavy atom. The lowest BCUT2D eigenvalue weighted by molar-refractivity contribution is -0.163. The van der Waals surface area contributed by atoms with Crippen LogP contribution in [-0.4, -0.2) is 85.4 Å². The molecule has 214 valence electrons. The number of esters is 1. The highest BCUT2D eigenvalue weighted by Crippen LogP contribution is 2.20. The number of amides is 2. The van der Waals surface area contributed by atoms with Gasteiger partial charge in [-0.3, -0.25) is 14.4 Å². The zero-order chi connectivity index (χ0) is 29.4. The number of likely N-dealkylation sites (N-methyl/N-ethyl adjacent to an activating group) is 1. The molecular formula is C27H35BN4O8. The minimum Gasteiger partial charge on any atom is -0.507 e. The van der Waals surface area contributed by atoms with Crippen molar-refractivity contribution >= 4 is 30.9 Å². The van der Waals surface area contributed by atoms with Gasteiger partial charge in [0, 0.05) is 5.56 Å². The van der Waals surface area contributed by atoms with Gasteiger partial charge in [0.05, 0.1) is 24.8 Å². The first-order valence-electron chi connectivity index (χ1n) is 13.0. The van der Waals surface area contributed by atoms with Gasteiger partial charge in [-0.25, -0.2) is 9.78 Å². The Balaban J connectivity index is 1.78. The number of nitrogens with zero attached hydrogens (tertiary/aromatic N) is 1. The minimum absolute atomic E-state index is 0.00993. The van der Waals surface area contributed by atoms with Crippen molar-refractivity contribution in [3.05, 3.63) is 54.2 Å². The number of nitrogens with one attached hydrogen (secondary N) is 3. The second-order valence-corrected chi connectivity index (χ2v) is 9.86. The fourth-order valence-corrected chi connectivity index (χ4v) is 4.29. The predicted molar refractivity (Wildman–Crippen MR) is 146 cm³/mol. The molecule has 0 spiro atoms. The molecule has 0 bridgehead atoms. The Bertz CT molecular complexity index is 1200. The molecule has 4 N–H and O–H groups in total. The summed E-state index contributed by atoms with van der Waals surface area (Å²) in [6.07, 6.45) is -2.29. The lowest BCUT2D eigenvalue weighted by Gasteiger charge is -2.36. The summed E-state index contributed by atoms with van der Waals surface area (Å²) in [5.74, 6) is -3.83. The standard InChI is InChI=1S/C27H35BN4O8/c1-15(2)14-20(28-39-23(27(37)38-5)22(29-4)26(36)40-28)31-25(35)21(16(3)33)32-24(34)19-13-9-12-18(30-19)17-10-7-6-8-11-17/h6-13,15-16,20-23,29,33H,14H2,1-5H3,(H,31,35)(H,32,34)/t16-,20+,21+,22-,23-/m1/s1. The van der Waals surface area contributed by atoms with E-state index in [9.17, 15) is 24.3 Å². The quantitative estimate of drug-likeness (QED) is 0.227. The SMILES string of the molecule is CN[C@H]1C(=O)OB([C@H](CC(C)C)NC(=O)[C@@H](NC(=O)c2cccc(-c3ccccc3)n2)[C@@H](C)O)O[C@H]1C(=O)OC. The van der Waals surface area contributed by atoms with Crippen molar-refractivity contribution in [2.24, 2.45) is 5.92 Å². The van der Waals surface area contributed by atoms with Crippen molar-refractivity contribution in [3.63, 3.8) is 0 Å². The maximum Gasteiger partial charge on any atom is 0.552 e. The summed E-state index contributed by atoms with van der Waals surface area (Å²) >= 11 is 0. The number of hydrogen-bond acceptors (Lipinski definition) is 10. The fraction of sp³-hybridized carbons (Fsp3) is 0.444. The molecule has 2 heterocycles. The number of benzene rings is 1. The van der Waals surface area contributed by atoms with Crippen LogP contribution in [0.5, 0.6) is 0 Å². The molecule has 0 radical (unpaired) electrons. The number of ether oxygens (including phenoxy) is 1. The summed E-state index contributed by atoms with van der Waals surface area (Å²) in [6, 6.07) is 11.7. The summed E-state index contributed by atoms with van der Waals surface area (Å²) in [4.78, 5) is 55.7. The monoisotopic (exact) mass is 554 g/mol. The number of aliphatic hydroxyl groups excluding tert-OH is 1. The second kappa shape index (κ2) is 14.0. The molecule has 0 aliphatic carbocycles. The largest absolute Gasteiger partial charge is 0.552 e. The van der Waals surface area contributed by atoms with Gasteiger partial charge in [-0.1, -0.05) is 50.2 Å². The van der Waals surface area contributed by atoms with Crippen LogP contribution in [0.2, 0.25) is 0 Å². The highest BCUT2D eigenvalue weighted by atomic mass is 16.7. The summed E-state index contributed by atoms with van der Waals surface area (Å²) in [5.41, 5.74) is 1.44. The third-order valence-corrected chi connectivity index (χ3v) is 6.30. The van der Waals surface area contributed by atoms with Crippen molar-refractivity contribution in [1.82, 2.24) is 20.9 Å². The molecule has 0 saturated carbocycles. The zero-order valence-corrected chi connectivity index (χ0v) is 23.1. The first-order chi connectivity index (χ1) is 19.0. The summed E-state index contributed by atoms with van der Waals surface area (Å²) in [5, 5.41) is 18.3. The second-order valence-electron chi connectivity index (χ2n) is 9.86. The van der Waals surface area contributed by atoms with Gasteiger partial charge < -0.3 is 35.1 Å². The van der Waals surface area contributed by atoms with Gasteiger partial charge in [0.2, 0.25) is 5.91 Å². The van der Waals surface area contributed by atoms with Crippen LogP contribution in [0.1, 0.15) is 37.7 Å². The van der Waals surface area contributed by atoms with Crippen molar-refractivity contribution in [1.29, 1.82) is 0 Å². The van der Waals surface area contributed by atoms with Crippen LogP contribution >= 0.6 is 0 Å². The molecule has 2 aromatic rings. The normalized spacial score (nSPS) is 19.3. The third-order valence-electron chi connectivity index (χ3n) is 6.30. The van der Waals surface area contributed by atoms with E-state index < -0.39 is 61.1 Å². The first-order valence-corrected chi connectivity index (χ1v) is 13.0. The van der Waals surface area contributed by atoms with E-state index in [4.69, 9.17) is 14.0 Å². The van der Waals surface area contributed by atoms with Crippen LogP contribution in [0.3, 0.4) is 0 Å². The Hall–Kier alpha value is -3.81. The Kier molecular flexibility index (Phi) is 10.8. The number of aromatic nitrogens is 1. The third kappa shape index (κ3) is 7.65. The fourth-order valence-electron chi connectivity index (χ4n) is 4.29. The van der Waals surface area contributed by atoms with Gasteiger partial charge in [0.15, 0.2) is 6.10 Å². The van der Waals surface area contributed by atoms with Gasteiger partial charge in [-0.15, -0.1) is 0 Å². The molecule has 0 unspecified atom stereocenters. The van der Waals surface area contributed by atoms with Crippen LogP contribution in [-0.2, 0) is 28.4 Å². The Morgan fingerprint density at radius 2 is 1.77 bits per heavy atom. The van der Waals surface area contributed by atoms with Crippen molar-refractivity contribution in [2.45, 2.75) is 57.4 Å². The highest BCUT2D eigenvalue weighted by molar-refractivity contribution is 6.50. The van der Waals surface area contributed by atoms with Crippen LogP contribution < -0.4 is 16.0 Å². The number of pyridine rings is 1. The molecular weight excluding hydrogens is 519 g/mol. The van der Waals surface area contributed by atoms with Gasteiger partial charge in [0.25, 0.3) is 5.91 Å². The molecule has 1 aromatic carbocycles. The molecule has 13 heteroatoms. The predicted octanol–water partition coefficient (Wildman–Crippen LogP) is 0.489. The number of aliphatic hydroxyl groups is 1.